The van der Waals surface area contributed by atoms with Gasteiger partial charge in [-0.2, -0.15) is 0 Å². The maximum absolute atomic E-state index is 12.6. The van der Waals surface area contributed by atoms with Gasteiger partial charge in [-0.05, 0) is 56.8 Å². The molecule has 0 bridgehead atoms. The zero-order chi connectivity index (χ0) is 16.1. The molecule has 1 heterocycles. The molecule has 1 aliphatic heterocycles. The lowest BCUT2D eigenvalue weighted by molar-refractivity contribution is 0.0877. The quantitative estimate of drug-likeness (QED) is 0.898. The number of hydrogen-bond donors (Lipinski definition) is 1. The van der Waals surface area contributed by atoms with Crippen LogP contribution in [0.15, 0.2) is 24.3 Å². The molecule has 1 saturated carbocycles. The van der Waals surface area contributed by atoms with Crippen molar-refractivity contribution in [1.82, 2.24) is 10.2 Å². The van der Waals surface area contributed by atoms with Crippen LogP contribution in [0.25, 0.3) is 0 Å². The summed E-state index contributed by atoms with van der Waals surface area (Å²) < 4.78 is 0. The maximum atomic E-state index is 12.6. The van der Waals surface area contributed by atoms with E-state index in [0.29, 0.717) is 16.5 Å². The highest BCUT2D eigenvalue weighted by Gasteiger charge is 2.29. The van der Waals surface area contributed by atoms with Gasteiger partial charge in [-0.15, -0.1) is 0 Å². The van der Waals surface area contributed by atoms with Gasteiger partial charge in [-0.25, -0.2) is 0 Å². The molecule has 1 amide bonds. The minimum Gasteiger partial charge on any atom is -0.349 e. The largest absolute Gasteiger partial charge is 0.349 e. The van der Waals surface area contributed by atoms with Crippen LogP contribution in [0.1, 0.15) is 55.3 Å². The van der Waals surface area contributed by atoms with Crippen molar-refractivity contribution in [2.75, 3.05) is 19.6 Å². The minimum atomic E-state index is -0.0221. The summed E-state index contributed by atoms with van der Waals surface area (Å²) in [5.41, 5.74) is 0.594. The number of halogens is 1. The second kappa shape index (κ2) is 8.16. The van der Waals surface area contributed by atoms with E-state index in [4.69, 9.17) is 11.6 Å². The summed E-state index contributed by atoms with van der Waals surface area (Å²) in [6.45, 7) is 3.58. The van der Waals surface area contributed by atoms with Gasteiger partial charge < -0.3 is 10.2 Å². The van der Waals surface area contributed by atoms with Crippen LogP contribution in [0.3, 0.4) is 0 Å². The number of hydrogen-bond acceptors (Lipinski definition) is 2. The van der Waals surface area contributed by atoms with Crippen molar-refractivity contribution in [2.45, 2.75) is 51.0 Å². The number of nitrogens with zero attached hydrogens (tertiary/aromatic N) is 1. The minimum absolute atomic E-state index is 0.0221. The fourth-order valence-electron chi connectivity index (χ4n) is 3.98. The van der Waals surface area contributed by atoms with Crippen molar-refractivity contribution in [2.24, 2.45) is 5.92 Å². The number of carbonyl (C=O) groups excluding carboxylic acids is 1. The number of nitrogens with one attached hydrogen (secondary N) is 1. The lowest BCUT2D eigenvalue weighted by Gasteiger charge is -2.37. The van der Waals surface area contributed by atoms with Crippen molar-refractivity contribution in [1.29, 1.82) is 0 Å². The van der Waals surface area contributed by atoms with Gasteiger partial charge in [0, 0.05) is 12.6 Å². The van der Waals surface area contributed by atoms with E-state index in [9.17, 15) is 4.79 Å². The topological polar surface area (TPSA) is 32.3 Å². The monoisotopic (exact) mass is 334 g/mol. The van der Waals surface area contributed by atoms with E-state index in [1.54, 1.807) is 12.1 Å². The summed E-state index contributed by atoms with van der Waals surface area (Å²) in [5.74, 6) is 0.555. The van der Waals surface area contributed by atoms with E-state index < -0.39 is 0 Å². The van der Waals surface area contributed by atoms with Crippen molar-refractivity contribution in [3.05, 3.63) is 34.9 Å². The number of rotatable bonds is 4. The maximum Gasteiger partial charge on any atom is 0.253 e. The highest BCUT2D eigenvalue weighted by Crippen LogP contribution is 2.27. The first kappa shape index (κ1) is 16.8. The molecule has 2 fully saturated rings. The van der Waals surface area contributed by atoms with Crippen LogP contribution in [-0.4, -0.2) is 36.5 Å². The summed E-state index contributed by atoms with van der Waals surface area (Å²) in [5, 5.41) is 3.80. The molecule has 1 N–H and O–H groups in total. The number of likely N-dealkylation sites (tertiary alicyclic amines) is 1. The normalized spacial score (nSPS) is 26.0. The molecule has 1 saturated heterocycles. The van der Waals surface area contributed by atoms with Gasteiger partial charge in [-0.3, -0.25) is 4.79 Å². The Morgan fingerprint density at radius 2 is 1.83 bits per heavy atom. The van der Waals surface area contributed by atoms with Crippen molar-refractivity contribution in [3.63, 3.8) is 0 Å². The zero-order valence-corrected chi connectivity index (χ0v) is 14.5. The lowest BCUT2D eigenvalue weighted by Crippen LogP contribution is -2.47. The van der Waals surface area contributed by atoms with E-state index in [2.05, 4.69) is 10.2 Å². The number of amides is 1. The molecule has 2 atom stereocenters. The Morgan fingerprint density at radius 3 is 2.61 bits per heavy atom. The molecule has 3 rings (SSSR count). The average Bonchev–Trinajstić information content (AvgIpc) is 2.58. The van der Waals surface area contributed by atoms with Gasteiger partial charge in [0.2, 0.25) is 0 Å². The third kappa shape index (κ3) is 4.48. The lowest BCUT2D eigenvalue weighted by atomic mass is 9.83. The van der Waals surface area contributed by atoms with Crippen LogP contribution in [0.2, 0.25) is 5.02 Å². The molecule has 0 aromatic heterocycles. The van der Waals surface area contributed by atoms with Gasteiger partial charge in [0.15, 0.2) is 0 Å². The first-order valence-electron chi connectivity index (χ1n) is 9.02. The van der Waals surface area contributed by atoms with E-state index in [1.807, 2.05) is 12.1 Å². The molecule has 2 unspecified atom stereocenters. The van der Waals surface area contributed by atoms with Crippen LogP contribution in [0.5, 0.6) is 0 Å². The fourth-order valence-corrected chi connectivity index (χ4v) is 4.20. The van der Waals surface area contributed by atoms with Gasteiger partial charge in [0.1, 0.15) is 0 Å². The predicted molar refractivity (Wildman–Crippen MR) is 95.0 cm³/mol. The first-order valence-corrected chi connectivity index (χ1v) is 9.39. The van der Waals surface area contributed by atoms with Gasteiger partial charge in [-0.1, -0.05) is 43.0 Å². The Bertz CT molecular complexity index is 528. The summed E-state index contributed by atoms with van der Waals surface area (Å²) in [6.07, 6.45) is 8.83. The second-order valence-electron chi connectivity index (χ2n) is 6.97. The zero-order valence-electron chi connectivity index (χ0n) is 13.8. The number of piperidine rings is 1. The van der Waals surface area contributed by atoms with Crippen molar-refractivity contribution < 1.29 is 4.79 Å². The molecule has 1 aliphatic carbocycles. The second-order valence-corrected chi connectivity index (χ2v) is 7.37. The smallest absolute Gasteiger partial charge is 0.253 e. The summed E-state index contributed by atoms with van der Waals surface area (Å²) in [6, 6.07) is 7.60. The third-order valence-corrected chi connectivity index (χ3v) is 5.62. The van der Waals surface area contributed by atoms with Gasteiger partial charge in [0.05, 0.1) is 10.6 Å². The van der Waals surface area contributed by atoms with Crippen molar-refractivity contribution >= 4 is 17.5 Å². The molecule has 4 heteroatoms. The number of carbonyl (C=O) groups is 1. The Morgan fingerprint density at radius 1 is 1.09 bits per heavy atom. The van der Waals surface area contributed by atoms with E-state index in [1.165, 1.54) is 51.6 Å². The molecule has 3 nitrogen and oxygen atoms in total. The third-order valence-electron chi connectivity index (χ3n) is 5.29. The molecular weight excluding hydrogens is 308 g/mol. The Kier molecular flexibility index (Phi) is 5.96. The van der Waals surface area contributed by atoms with Crippen LogP contribution < -0.4 is 5.32 Å². The molecule has 2 aliphatic rings. The highest BCUT2D eigenvalue weighted by atomic mass is 35.5. The highest BCUT2D eigenvalue weighted by molar-refractivity contribution is 6.33. The first-order chi connectivity index (χ1) is 11.2. The fraction of sp³-hybridized carbons (Fsp3) is 0.632. The van der Waals surface area contributed by atoms with Crippen LogP contribution in [0.4, 0.5) is 0 Å². The Labute approximate surface area is 144 Å². The molecular formula is C19H27ClN2O. The van der Waals surface area contributed by atoms with Crippen LogP contribution in [-0.2, 0) is 0 Å². The van der Waals surface area contributed by atoms with Crippen molar-refractivity contribution in [3.8, 4) is 0 Å². The van der Waals surface area contributed by atoms with Crippen LogP contribution >= 0.6 is 11.6 Å². The van der Waals surface area contributed by atoms with Gasteiger partial charge in [0.25, 0.3) is 5.91 Å². The average molecular weight is 335 g/mol. The molecule has 23 heavy (non-hydrogen) atoms. The molecule has 126 valence electrons. The van der Waals surface area contributed by atoms with Gasteiger partial charge >= 0.3 is 0 Å². The SMILES string of the molecule is O=C(NC1CCCCC1CN1CCCCC1)c1ccccc1Cl. The summed E-state index contributed by atoms with van der Waals surface area (Å²) in [4.78, 5) is 15.2. The molecule has 1 aromatic carbocycles. The Hall–Kier alpha value is -1.06. The standard InChI is InChI=1S/C19H27ClN2O/c20-17-10-4-3-9-16(17)19(23)21-18-11-5-2-8-15(18)14-22-12-6-1-7-13-22/h3-4,9-10,15,18H,1-2,5-8,11-14H2,(H,21,23). The molecule has 1 aromatic rings. The van der Waals surface area contributed by atoms with E-state index >= 15 is 0 Å². The summed E-state index contributed by atoms with van der Waals surface area (Å²) >= 11 is 6.16. The van der Waals surface area contributed by atoms with E-state index in [-0.39, 0.29) is 11.9 Å². The molecule has 0 radical (unpaired) electrons. The Balaban J connectivity index is 1.62. The summed E-state index contributed by atoms with van der Waals surface area (Å²) in [7, 11) is 0. The molecule has 0 spiro atoms. The predicted octanol–water partition coefficient (Wildman–Crippen LogP) is 4.11. The van der Waals surface area contributed by atoms with E-state index in [0.717, 1.165) is 13.0 Å². The van der Waals surface area contributed by atoms with Crippen LogP contribution in [0, 0.1) is 5.92 Å². The number of benzene rings is 1.